The molecule has 9 aromatic rings. The molecule has 10 rings (SSSR count). The third-order valence-electron chi connectivity index (χ3n) is 18.3. The average molecular weight is 1190 g/mol. The van der Waals surface area contributed by atoms with E-state index in [1.807, 2.05) is 7.11 Å². The molecule has 4 nitrogen and oxygen atoms in total. The van der Waals surface area contributed by atoms with E-state index in [4.69, 9.17) is 19.2 Å². The molecule has 1 aliphatic carbocycles. The predicted octanol–water partition coefficient (Wildman–Crippen LogP) is 24.0. The molecule has 4 heteroatoms. The van der Waals surface area contributed by atoms with Crippen LogP contribution in [0.3, 0.4) is 0 Å². The summed E-state index contributed by atoms with van der Waals surface area (Å²) < 4.78 is 18.4. The van der Waals surface area contributed by atoms with Gasteiger partial charge in [-0.05, 0) is 159 Å². The number of methoxy groups -OCH3 is 3. The van der Waals surface area contributed by atoms with Crippen molar-refractivity contribution in [3.63, 3.8) is 0 Å². The largest absolute Gasteiger partial charge is 0.500 e. The molecule has 8 aromatic carbocycles. The van der Waals surface area contributed by atoms with Gasteiger partial charge in [-0.25, -0.2) is 4.98 Å². The number of hydrogen-bond acceptors (Lipinski definition) is 4. The molecule has 0 amide bonds. The van der Waals surface area contributed by atoms with Gasteiger partial charge in [-0.1, -0.05) is 276 Å². The van der Waals surface area contributed by atoms with Crippen molar-refractivity contribution in [3.05, 3.63) is 227 Å². The third kappa shape index (κ3) is 13.8. The van der Waals surface area contributed by atoms with E-state index in [9.17, 15) is 0 Å². The predicted molar refractivity (Wildman–Crippen MR) is 385 cm³/mol. The zero-order valence-electron chi connectivity index (χ0n) is 57.9. The van der Waals surface area contributed by atoms with Gasteiger partial charge < -0.3 is 14.2 Å². The molecule has 0 fully saturated rings. The van der Waals surface area contributed by atoms with E-state index in [2.05, 4.69) is 313 Å². The minimum absolute atomic E-state index is 0.0441. The van der Waals surface area contributed by atoms with Crippen molar-refractivity contribution in [1.29, 1.82) is 0 Å². The normalized spacial score (nSPS) is 14.4. The number of nitrogens with zero attached hydrogens (tertiary/aromatic N) is 1. The van der Waals surface area contributed by atoms with Crippen molar-refractivity contribution in [1.82, 2.24) is 4.98 Å². The van der Waals surface area contributed by atoms with Gasteiger partial charge >= 0.3 is 0 Å². The van der Waals surface area contributed by atoms with E-state index in [1.165, 1.54) is 72.3 Å². The molecule has 1 heterocycles. The summed E-state index contributed by atoms with van der Waals surface area (Å²) in [5.41, 5.74) is 26.4. The Morgan fingerprint density at radius 1 is 0.289 bits per heavy atom. The maximum Gasteiger partial charge on any atom is 0.126 e. The number of ether oxygens (including phenoxy) is 3. The first-order valence-corrected chi connectivity index (χ1v) is 32.3. The highest BCUT2D eigenvalue weighted by atomic mass is 16.5. The molecule has 1 unspecified atom stereocenters. The van der Waals surface area contributed by atoms with E-state index in [0.717, 1.165) is 79.6 Å². The first-order valence-electron chi connectivity index (χ1n) is 32.3. The van der Waals surface area contributed by atoms with E-state index in [0.29, 0.717) is 0 Å². The van der Waals surface area contributed by atoms with Crippen LogP contribution in [-0.4, -0.2) is 26.3 Å². The van der Waals surface area contributed by atoms with Crippen LogP contribution >= 0.6 is 0 Å². The van der Waals surface area contributed by atoms with Gasteiger partial charge in [-0.3, -0.25) is 0 Å². The molecule has 0 aliphatic heterocycles. The summed E-state index contributed by atoms with van der Waals surface area (Å²) >= 11 is 0. The Morgan fingerprint density at radius 2 is 0.533 bits per heavy atom. The van der Waals surface area contributed by atoms with Crippen molar-refractivity contribution < 1.29 is 14.2 Å². The minimum atomic E-state index is -0.0837. The molecule has 1 aromatic heterocycles. The van der Waals surface area contributed by atoms with Crippen LogP contribution in [0.1, 0.15) is 159 Å². The van der Waals surface area contributed by atoms with Crippen LogP contribution in [0, 0.1) is 16.7 Å². The number of pyridine rings is 1. The van der Waals surface area contributed by atoms with E-state index in [1.54, 1.807) is 14.2 Å². The standard InChI is InChI=1S/C86H97NO3/c1-81(2,3)70-46-66(47-71(78(70)88-19)82(4,5)6)60-30-22-54(23-31-60)55-28-36-63(37-29-55)69-52-76(64-42-38-58(39-43-64)56-24-32-61(33-25-56)67-48-72(83(7,8)9)79(89-20)73(49-67)84(10,11)12)87-77(53-69)65-44-40-59(41-45-65)57-26-34-62(35-27-57)68-50-74(85(13,14)15)80(90-21)75(51-68)86(16,17)18/h22-50,52-53,75H,51H2,1-21H3. The lowest BCUT2D eigenvalue weighted by Gasteiger charge is -2.39. The molecular formula is C86H97NO3. The van der Waals surface area contributed by atoms with Crippen molar-refractivity contribution in [2.24, 2.45) is 16.7 Å². The van der Waals surface area contributed by atoms with Crippen molar-refractivity contribution >= 4 is 5.57 Å². The van der Waals surface area contributed by atoms with Gasteiger partial charge in [0.2, 0.25) is 0 Å². The van der Waals surface area contributed by atoms with Crippen molar-refractivity contribution in [3.8, 4) is 101 Å². The number of aromatic nitrogens is 1. The maximum absolute atomic E-state index is 6.17. The van der Waals surface area contributed by atoms with Crippen LogP contribution in [0.25, 0.3) is 94.8 Å². The molecule has 0 bridgehead atoms. The van der Waals surface area contributed by atoms with Gasteiger partial charge in [0.1, 0.15) is 17.3 Å². The molecular weight excluding hydrogens is 1090 g/mol. The summed E-state index contributed by atoms with van der Waals surface area (Å²) in [6.07, 6.45) is 3.33. The number of rotatable bonds is 12. The summed E-state index contributed by atoms with van der Waals surface area (Å²) in [7, 11) is 5.44. The monoisotopic (exact) mass is 1190 g/mol. The SMILES string of the molecule is COC1=C(C(C)(C)C)C=C(c2ccc(-c3ccc(-c4cc(-c5ccc(-c6ccc(-c7cc(C(C)(C)C)c(OC)c(C(C)(C)C)c7)cc6)cc5)cc(-c5ccc(-c6ccc(-c7cc(C(C)(C)C)c(OC)c(C(C)(C)C)c7)cc6)cc5)n4)cc3)cc2)CC1C(C)(C)C. The van der Waals surface area contributed by atoms with Crippen LogP contribution < -0.4 is 9.47 Å². The van der Waals surface area contributed by atoms with Crippen LogP contribution in [0.2, 0.25) is 0 Å². The lowest BCUT2D eigenvalue weighted by molar-refractivity contribution is 0.156. The highest BCUT2D eigenvalue weighted by Gasteiger charge is 2.38. The Labute approximate surface area is 540 Å². The van der Waals surface area contributed by atoms with E-state index < -0.39 is 0 Å². The summed E-state index contributed by atoms with van der Waals surface area (Å²) in [5.74, 6) is 3.39. The Kier molecular flexibility index (Phi) is 17.7. The fraction of sp³-hybridized carbons (Fsp3) is 0.337. The first-order chi connectivity index (χ1) is 42.2. The molecule has 464 valence electrons. The fourth-order valence-corrected chi connectivity index (χ4v) is 12.9. The van der Waals surface area contributed by atoms with Crippen molar-refractivity contribution in [2.75, 3.05) is 21.3 Å². The van der Waals surface area contributed by atoms with Crippen LogP contribution in [0.15, 0.2) is 199 Å². The number of benzene rings is 8. The van der Waals surface area contributed by atoms with Crippen LogP contribution in [-0.2, 0) is 26.4 Å². The highest BCUT2D eigenvalue weighted by Crippen LogP contribution is 2.50. The topological polar surface area (TPSA) is 40.6 Å². The zero-order chi connectivity index (χ0) is 65.0. The van der Waals surface area contributed by atoms with Gasteiger partial charge in [0.15, 0.2) is 0 Å². The second-order valence-corrected chi connectivity index (χ2v) is 31.3. The van der Waals surface area contributed by atoms with Gasteiger partial charge in [0.05, 0.1) is 32.7 Å². The quantitative estimate of drug-likeness (QED) is 0.122. The molecule has 0 saturated heterocycles. The lowest BCUT2D eigenvalue weighted by Crippen LogP contribution is -2.29. The van der Waals surface area contributed by atoms with Crippen LogP contribution in [0.4, 0.5) is 0 Å². The van der Waals surface area contributed by atoms with Crippen LogP contribution in [0.5, 0.6) is 11.5 Å². The summed E-state index contributed by atoms with van der Waals surface area (Å²) in [5, 5.41) is 0. The Hall–Kier alpha value is -8.21. The molecule has 1 aliphatic rings. The molecule has 0 radical (unpaired) electrons. The van der Waals surface area contributed by atoms with Gasteiger partial charge in [-0.2, -0.15) is 0 Å². The Bertz CT molecular complexity index is 3850. The molecule has 0 N–H and O–H groups in total. The average Bonchev–Trinajstić information content (AvgIpc) is 1.02. The highest BCUT2D eigenvalue weighted by molar-refractivity contribution is 5.82. The second kappa shape index (κ2) is 24.5. The molecule has 90 heavy (non-hydrogen) atoms. The minimum Gasteiger partial charge on any atom is -0.500 e. The number of allylic oxidation sites excluding steroid dienone is 4. The Morgan fingerprint density at radius 3 is 0.767 bits per heavy atom. The first kappa shape index (κ1) is 64.8. The second-order valence-electron chi connectivity index (χ2n) is 31.3. The van der Waals surface area contributed by atoms with E-state index in [-0.39, 0.29) is 38.4 Å². The number of hydrogen-bond donors (Lipinski definition) is 0. The third-order valence-corrected chi connectivity index (χ3v) is 18.3. The zero-order valence-corrected chi connectivity index (χ0v) is 57.9. The van der Waals surface area contributed by atoms with Gasteiger partial charge in [-0.15, -0.1) is 0 Å². The smallest absolute Gasteiger partial charge is 0.126 e. The maximum atomic E-state index is 6.17. The molecule has 0 saturated carbocycles. The summed E-state index contributed by atoms with van der Waals surface area (Å²) in [4.78, 5) is 5.44. The van der Waals surface area contributed by atoms with Gasteiger partial charge in [0, 0.05) is 39.3 Å². The fourth-order valence-electron chi connectivity index (χ4n) is 12.9. The van der Waals surface area contributed by atoms with Crippen molar-refractivity contribution in [2.45, 2.75) is 153 Å². The lowest BCUT2D eigenvalue weighted by atomic mass is 9.68. The summed E-state index contributed by atoms with van der Waals surface area (Å²) in [6, 6.07) is 67.7. The van der Waals surface area contributed by atoms with E-state index >= 15 is 0 Å². The Balaban J connectivity index is 0.971. The summed E-state index contributed by atoms with van der Waals surface area (Å²) in [6.45, 7) is 41.0. The van der Waals surface area contributed by atoms with Gasteiger partial charge in [0.25, 0.3) is 0 Å². The molecule has 1 atom stereocenters. The molecule has 0 spiro atoms.